The second kappa shape index (κ2) is 9.99. The van der Waals surface area contributed by atoms with Gasteiger partial charge in [0.15, 0.2) is 0 Å². The van der Waals surface area contributed by atoms with E-state index in [2.05, 4.69) is 10.1 Å². The number of nitrogens with one attached hydrogen (secondary N) is 1. The van der Waals surface area contributed by atoms with Gasteiger partial charge >= 0.3 is 6.61 Å². The van der Waals surface area contributed by atoms with E-state index in [0.717, 1.165) is 24.0 Å². The second-order valence-corrected chi connectivity index (χ2v) is 8.99. The number of nitrogens with zero attached hydrogens (tertiary/aromatic N) is 1. The molecule has 30 heavy (non-hydrogen) atoms. The first-order valence-electron chi connectivity index (χ1n) is 9.74. The summed E-state index contributed by atoms with van der Waals surface area (Å²) in [6, 6.07) is 12.7. The number of carbonyl (C=O) groups is 1. The number of alkyl halides is 2. The molecule has 1 amide bonds. The molecule has 1 heterocycles. The summed E-state index contributed by atoms with van der Waals surface area (Å²) in [6.45, 7) is -1.45. The maximum absolute atomic E-state index is 12.5. The third-order valence-corrected chi connectivity index (χ3v) is 6.82. The van der Waals surface area contributed by atoms with Gasteiger partial charge in [0.2, 0.25) is 15.9 Å². The van der Waals surface area contributed by atoms with Crippen LogP contribution < -0.4 is 10.1 Å². The van der Waals surface area contributed by atoms with E-state index < -0.39 is 16.6 Å². The van der Waals surface area contributed by atoms with E-state index in [9.17, 15) is 22.0 Å². The molecule has 6 nitrogen and oxygen atoms in total. The third-order valence-electron chi connectivity index (χ3n) is 4.91. The Morgan fingerprint density at radius 2 is 1.60 bits per heavy atom. The normalized spacial score (nSPS) is 14.8. The van der Waals surface area contributed by atoms with Crippen molar-refractivity contribution in [2.45, 2.75) is 43.7 Å². The fourth-order valence-corrected chi connectivity index (χ4v) is 4.76. The highest BCUT2D eigenvalue weighted by atomic mass is 32.2. The van der Waals surface area contributed by atoms with E-state index >= 15 is 0 Å². The average Bonchev–Trinajstić information content (AvgIpc) is 3.27. The summed E-state index contributed by atoms with van der Waals surface area (Å²) in [4.78, 5) is 12.3. The minimum absolute atomic E-state index is 0.0772. The van der Waals surface area contributed by atoms with Gasteiger partial charge in [0.05, 0.1) is 4.90 Å². The van der Waals surface area contributed by atoms with Crippen LogP contribution in [0.2, 0.25) is 0 Å². The number of ether oxygens (including phenoxy) is 1. The molecule has 0 radical (unpaired) electrons. The SMILES string of the molecule is O=C(CCc1ccc(OC(F)F)cc1)NCc1ccc(S(=O)(=O)N2CCCC2)cc1. The minimum Gasteiger partial charge on any atom is -0.435 e. The van der Waals surface area contributed by atoms with Crippen LogP contribution in [0.5, 0.6) is 5.75 Å². The lowest BCUT2D eigenvalue weighted by molar-refractivity contribution is -0.121. The van der Waals surface area contributed by atoms with Gasteiger partial charge in [-0.15, -0.1) is 0 Å². The molecule has 0 aromatic heterocycles. The molecule has 3 rings (SSSR count). The number of amides is 1. The molecule has 1 saturated heterocycles. The second-order valence-electron chi connectivity index (χ2n) is 7.05. The number of carbonyl (C=O) groups excluding carboxylic acids is 1. The Bertz CT molecular complexity index is 942. The Morgan fingerprint density at radius 1 is 1.00 bits per heavy atom. The highest BCUT2D eigenvalue weighted by Crippen LogP contribution is 2.21. The van der Waals surface area contributed by atoms with E-state index in [1.807, 2.05) is 0 Å². The van der Waals surface area contributed by atoms with Crippen LogP contribution in [-0.4, -0.2) is 38.3 Å². The first kappa shape index (κ1) is 22.2. The van der Waals surface area contributed by atoms with Crippen LogP contribution in [-0.2, 0) is 27.8 Å². The van der Waals surface area contributed by atoms with Crippen molar-refractivity contribution in [2.75, 3.05) is 13.1 Å². The van der Waals surface area contributed by atoms with Gasteiger partial charge < -0.3 is 10.1 Å². The van der Waals surface area contributed by atoms with Crippen LogP contribution in [0, 0.1) is 0 Å². The quantitative estimate of drug-likeness (QED) is 0.652. The molecule has 1 aliphatic rings. The van der Waals surface area contributed by atoms with Crippen LogP contribution in [0.1, 0.15) is 30.4 Å². The fourth-order valence-electron chi connectivity index (χ4n) is 3.24. The number of hydrogen-bond donors (Lipinski definition) is 1. The van der Waals surface area contributed by atoms with Crippen molar-refractivity contribution in [1.82, 2.24) is 9.62 Å². The lowest BCUT2D eigenvalue weighted by Crippen LogP contribution is -2.28. The summed E-state index contributed by atoms with van der Waals surface area (Å²) in [5.41, 5.74) is 1.64. The Morgan fingerprint density at radius 3 is 2.20 bits per heavy atom. The van der Waals surface area contributed by atoms with Gasteiger partial charge in [0, 0.05) is 26.1 Å². The highest BCUT2D eigenvalue weighted by Gasteiger charge is 2.26. The summed E-state index contributed by atoms with van der Waals surface area (Å²) in [5.74, 6) is -0.0786. The molecule has 1 aliphatic heterocycles. The maximum Gasteiger partial charge on any atom is 0.387 e. The molecule has 2 aromatic carbocycles. The molecule has 2 aromatic rings. The molecule has 1 N–H and O–H groups in total. The monoisotopic (exact) mass is 438 g/mol. The van der Waals surface area contributed by atoms with E-state index in [1.54, 1.807) is 36.4 Å². The first-order valence-corrected chi connectivity index (χ1v) is 11.2. The summed E-state index contributed by atoms with van der Waals surface area (Å²) < 4.78 is 55.1. The topological polar surface area (TPSA) is 75.7 Å². The summed E-state index contributed by atoms with van der Waals surface area (Å²) >= 11 is 0. The molecule has 0 aliphatic carbocycles. The molecule has 0 bridgehead atoms. The summed E-state index contributed by atoms with van der Waals surface area (Å²) in [5, 5.41) is 2.80. The number of sulfonamides is 1. The van der Waals surface area contributed by atoms with Crippen molar-refractivity contribution >= 4 is 15.9 Å². The molecular weight excluding hydrogens is 414 g/mol. The Kier molecular flexibility index (Phi) is 7.38. The van der Waals surface area contributed by atoms with Gasteiger partial charge in [-0.25, -0.2) is 8.42 Å². The standard InChI is InChI=1S/C21H24F2N2O4S/c22-21(23)29-18-8-3-16(4-9-18)7-12-20(26)24-15-17-5-10-19(11-6-17)30(27,28)25-13-1-2-14-25/h3-6,8-11,21H,1-2,7,12-15H2,(H,24,26). The number of halogens is 2. The van der Waals surface area contributed by atoms with E-state index in [1.165, 1.54) is 16.4 Å². The predicted octanol–water partition coefficient (Wildman–Crippen LogP) is 3.32. The van der Waals surface area contributed by atoms with Crippen molar-refractivity contribution in [3.63, 3.8) is 0 Å². The van der Waals surface area contributed by atoms with Crippen LogP contribution >= 0.6 is 0 Å². The van der Waals surface area contributed by atoms with Crippen LogP contribution in [0.4, 0.5) is 8.78 Å². The number of aryl methyl sites for hydroxylation is 1. The molecular formula is C21H24F2N2O4S. The molecule has 162 valence electrons. The molecule has 0 unspecified atom stereocenters. The summed E-state index contributed by atoms with van der Waals surface area (Å²) in [6.07, 6.45) is 2.48. The molecule has 0 atom stereocenters. The van der Waals surface area contributed by atoms with Crippen LogP contribution in [0.25, 0.3) is 0 Å². The Hall–Kier alpha value is -2.52. The first-order chi connectivity index (χ1) is 14.3. The maximum atomic E-state index is 12.5. The van der Waals surface area contributed by atoms with Gasteiger partial charge in [0.1, 0.15) is 5.75 Å². The van der Waals surface area contributed by atoms with E-state index in [0.29, 0.717) is 26.1 Å². The lowest BCUT2D eigenvalue weighted by atomic mass is 10.1. The average molecular weight is 438 g/mol. The Balaban J connectivity index is 1.45. The highest BCUT2D eigenvalue weighted by molar-refractivity contribution is 7.89. The van der Waals surface area contributed by atoms with Crippen molar-refractivity contribution in [3.05, 3.63) is 59.7 Å². The fraction of sp³-hybridized carbons (Fsp3) is 0.381. The van der Waals surface area contributed by atoms with Crippen molar-refractivity contribution in [2.24, 2.45) is 0 Å². The van der Waals surface area contributed by atoms with Gasteiger partial charge in [-0.1, -0.05) is 24.3 Å². The smallest absolute Gasteiger partial charge is 0.387 e. The molecule has 9 heteroatoms. The number of rotatable bonds is 9. The van der Waals surface area contributed by atoms with E-state index in [4.69, 9.17) is 0 Å². The molecule has 1 fully saturated rings. The summed E-state index contributed by atoms with van der Waals surface area (Å²) in [7, 11) is -3.44. The van der Waals surface area contributed by atoms with Crippen molar-refractivity contribution in [1.29, 1.82) is 0 Å². The zero-order chi connectivity index (χ0) is 21.6. The molecule has 0 spiro atoms. The van der Waals surface area contributed by atoms with Gasteiger partial charge in [-0.2, -0.15) is 13.1 Å². The van der Waals surface area contributed by atoms with Crippen LogP contribution in [0.15, 0.2) is 53.4 Å². The Labute approximate surface area is 174 Å². The van der Waals surface area contributed by atoms with Gasteiger partial charge in [-0.05, 0) is 54.7 Å². The predicted molar refractivity (Wildman–Crippen MR) is 108 cm³/mol. The van der Waals surface area contributed by atoms with E-state index in [-0.39, 0.29) is 23.0 Å². The van der Waals surface area contributed by atoms with Gasteiger partial charge in [0.25, 0.3) is 0 Å². The molecule has 0 saturated carbocycles. The zero-order valence-corrected chi connectivity index (χ0v) is 17.2. The zero-order valence-electron chi connectivity index (χ0n) is 16.4. The van der Waals surface area contributed by atoms with Gasteiger partial charge in [-0.3, -0.25) is 4.79 Å². The third kappa shape index (κ3) is 5.99. The van der Waals surface area contributed by atoms with Crippen LogP contribution in [0.3, 0.4) is 0 Å². The lowest BCUT2D eigenvalue weighted by Gasteiger charge is -2.15. The minimum atomic E-state index is -3.44. The number of benzene rings is 2. The number of hydrogen-bond acceptors (Lipinski definition) is 4. The van der Waals surface area contributed by atoms with Crippen molar-refractivity contribution < 1.29 is 26.7 Å². The van der Waals surface area contributed by atoms with Crippen molar-refractivity contribution in [3.8, 4) is 5.75 Å². The largest absolute Gasteiger partial charge is 0.435 e.